The summed E-state index contributed by atoms with van der Waals surface area (Å²) in [5.74, 6) is 0. The maximum Gasteiger partial charge on any atom is 0.299 e. The minimum absolute atomic E-state index is 0.0607. The lowest BCUT2D eigenvalue weighted by Crippen LogP contribution is -2.30. The van der Waals surface area contributed by atoms with Gasteiger partial charge in [0, 0.05) is 6.54 Å². The molecule has 0 fully saturated rings. The van der Waals surface area contributed by atoms with E-state index in [9.17, 15) is 16.8 Å². The second kappa shape index (κ2) is 5.87. The van der Waals surface area contributed by atoms with Crippen LogP contribution in [-0.4, -0.2) is 23.4 Å². The lowest BCUT2D eigenvalue weighted by molar-refractivity contribution is 0.586. The number of nitrogens with two attached hydrogens (primary N) is 1. The standard InChI is InChI=1S/C10H17N3O4S2/c1-3-6-12-19(16,17)13-10-5-4-9(7-8(10)2)18(11,14)15/h4-5,7,12-13H,3,6H2,1-2H3,(H2,11,14,15). The second-order valence-electron chi connectivity index (χ2n) is 4.02. The minimum Gasteiger partial charge on any atom is -0.271 e. The molecule has 1 rings (SSSR count). The Morgan fingerprint density at radius 2 is 1.84 bits per heavy atom. The van der Waals surface area contributed by atoms with Gasteiger partial charge in [0.15, 0.2) is 0 Å². The normalized spacial score (nSPS) is 12.4. The van der Waals surface area contributed by atoms with Crippen molar-refractivity contribution in [3.8, 4) is 0 Å². The van der Waals surface area contributed by atoms with Gasteiger partial charge in [0.25, 0.3) is 10.2 Å². The molecule has 9 heteroatoms. The molecule has 19 heavy (non-hydrogen) atoms. The van der Waals surface area contributed by atoms with Crippen molar-refractivity contribution >= 4 is 25.9 Å². The Kier molecular flexibility index (Phi) is 4.91. The fourth-order valence-corrected chi connectivity index (χ4v) is 3.01. The molecule has 0 bridgehead atoms. The van der Waals surface area contributed by atoms with E-state index in [0.717, 1.165) is 0 Å². The van der Waals surface area contributed by atoms with E-state index in [4.69, 9.17) is 5.14 Å². The molecule has 0 aromatic heterocycles. The first-order chi connectivity index (χ1) is 8.65. The van der Waals surface area contributed by atoms with Crippen LogP contribution in [0.5, 0.6) is 0 Å². The number of benzene rings is 1. The third kappa shape index (κ3) is 4.78. The molecule has 4 N–H and O–H groups in total. The minimum atomic E-state index is -3.79. The van der Waals surface area contributed by atoms with E-state index < -0.39 is 20.2 Å². The Labute approximate surface area is 113 Å². The van der Waals surface area contributed by atoms with E-state index >= 15 is 0 Å². The molecule has 7 nitrogen and oxygen atoms in total. The molecule has 0 atom stereocenters. The zero-order chi connectivity index (χ0) is 14.7. The van der Waals surface area contributed by atoms with Gasteiger partial charge in [-0.15, -0.1) is 0 Å². The summed E-state index contributed by atoms with van der Waals surface area (Å²) in [4.78, 5) is -0.0607. The van der Waals surface area contributed by atoms with Crippen molar-refractivity contribution < 1.29 is 16.8 Å². The van der Waals surface area contributed by atoms with Crippen LogP contribution >= 0.6 is 0 Å². The van der Waals surface area contributed by atoms with Crippen molar-refractivity contribution in [2.75, 3.05) is 11.3 Å². The summed E-state index contributed by atoms with van der Waals surface area (Å²) in [7, 11) is -7.44. The molecule has 0 aliphatic carbocycles. The zero-order valence-electron chi connectivity index (χ0n) is 10.7. The van der Waals surface area contributed by atoms with Crippen LogP contribution in [-0.2, 0) is 20.2 Å². The van der Waals surface area contributed by atoms with Crippen LogP contribution in [0, 0.1) is 6.92 Å². The van der Waals surface area contributed by atoms with Crippen LogP contribution in [0.1, 0.15) is 18.9 Å². The average molecular weight is 307 g/mol. The number of anilines is 1. The van der Waals surface area contributed by atoms with E-state index in [1.807, 2.05) is 6.92 Å². The zero-order valence-corrected chi connectivity index (χ0v) is 12.3. The maximum absolute atomic E-state index is 11.6. The summed E-state index contributed by atoms with van der Waals surface area (Å²) in [6, 6.07) is 3.92. The molecule has 0 amide bonds. The predicted octanol–water partition coefficient (Wildman–Crippen LogP) is 0.299. The highest BCUT2D eigenvalue weighted by Crippen LogP contribution is 2.19. The fraction of sp³-hybridized carbons (Fsp3) is 0.400. The van der Waals surface area contributed by atoms with E-state index in [2.05, 4.69) is 9.44 Å². The molecule has 1 aromatic rings. The quantitative estimate of drug-likeness (QED) is 0.700. The molecule has 0 saturated heterocycles. The van der Waals surface area contributed by atoms with Crippen LogP contribution in [0.25, 0.3) is 0 Å². The third-order valence-electron chi connectivity index (χ3n) is 2.31. The maximum atomic E-state index is 11.6. The first-order valence-electron chi connectivity index (χ1n) is 5.56. The van der Waals surface area contributed by atoms with Gasteiger partial charge in [-0.1, -0.05) is 6.92 Å². The van der Waals surface area contributed by atoms with Crippen molar-refractivity contribution in [2.24, 2.45) is 5.14 Å². The Hall–Kier alpha value is -1.16. The topological polar surface area (TPSA) is 118 Å². The highest BCUT2D eigenvalue weighted by atomic mass is 32.2. The number of primary sulfonamides is 1. The van der Waals surface area contributed by atoms with Gasteiger partial charge >= 0.3 is 0 Å². The predicted molar refractivity (Wildman–Crippen MR) is 73.4 cm³/mol. The largest absolute Gasteiger partial charge is 0.299 e. The molecule has 0 aliphatic rings. The van der Waals surface area contributed by atoms with Gasteiger partial charge in [0.2, 0.25) is 10.0 Å². The molecular weight excluding hydrogens is 290 g/mol. The van der Waals surface area contributed by atoms with E-state index in [1.165, 1.54) is 18.2 Å². The molecule has 0 saturated carbocycles. The Morgan fingerprint density at radius 1 is 1.21 bits per heavy atom. The SMILES string of the molecule is CCCNS(=O)(=O)Nc1ccc(S(N)(=O)=O)cc1C. The highest BCUT2D eigenvalue weighted by molar-refractivity contribution is 7.90. The van der Waals surface area contributed by atoms with Gasteiger partial charge in [-0.2, -0.15) is 13.1 Å². The summed E-state index contributed by atoms with van der Waals surface area (Å²) >= 11 is 0. The van der Waals surface area contributed by atoms with Crippen molar-refractivity contribution in [3.63, 3.8) is 0 Å². The summed E-state index contributed by atoms with van der Waals surface area (Å²) in [5, 5.41) is 4.99. The molecule has 0 aliphatic heterocycles. The van der Waals surface area contributed by atoms with Gasteiger partial charge < -0.3 is 0 Å². The Bertz CT molecular complexity index is 653. The van der Waals surface area contributed by atoms with Gasteiger partial charge in [-0.3, -0.25) is 4.72 Å². The molecule has 0 unspecified atom stereocenters. The number of nitrogens with one attached hydrogen (secondary N) is 2. The average Bonchev–Trinajstić information content (AvgIpc) is 2.27. The second-order valence-corrected chi connectivity index (χ2v) is 7.08. The van der Waals surface area contributed by atoms with E-state index in [-0.39, 0.29) is 4.90 Å². The summed E-state index contributed by atoms with van der Waals surface area (Å²) in [5.41, 5.74) is 0.768. The number of sulfonamides is 1. The van der Waals surface area contributed by atoms with Crippen molar-refractivity contribution in [3.05, 3.63) is 23.8 Å². The summed E-state index contributed by atoms with van der Waals surface area (Å²) in [6.45, 7) is 3.75. The van der Waals surface area contributed by atoms with Crippen molar-refractivity contribution in [1.82, 2.24) is 4.72 Å². The molecule has 0 heterocycles. The van der Waals surface area contributed by atoms with Gasteiger partial charge in [-0.05, 0) is 37.1 Å². The van der Waals surface area contributed by atoms with Crippen LogP contribution in [0.15, 0.2) is 23.1 Å². The number of rotatable bonds is 6. The van der Waals surface area contributed by atoms with Crippen LogP contribution in [0.4, 0.5) is 5.69 Å². The van der Waals surface area contributed by atoms with Gasteiger partial charge in [0.05, 0.1) is 10.6 Å². The number of aryl methyl sites for hydroxylation is 1. The number of hydrogen-bond donors (Lipinski definition) is 3. The molecule has 0 radical (unpaired) electrons. The molecule has 108 valence electrons. The first-order valence-corrected chi connectivity index (χ1v) is 8.59. The first kappa shape index (κ1) is 15.9. The van der Waals surface area contributed by atoms with Crippen molar-refractivity contribution in [1.29, 1.82) is 0 Å². The highest BCUT2D eigenvalue weighted by Gasteiger charge is 2.13. The molecular formula is C10H17N3O4S2. The summed E-state index contributed by atoms with van der Waals surface area (Å²) < 4.78 is 50.2. The monoisotopic (exact) mass is 307 g/mol. The summed E-state index contributed by atoms with van der Waals surface area (Å²) in [6.07, 6.45) is 0.671. The number of hydrogen-bond acceptors (Lipinski definition) is 4. The van der Waals surface area contributed by atoms with E-state index in [0.29, 0.717) is 24.2 Å². The lowest BCUT2D eigenvalue weighted by atomic mass is 10.2. The Morgan fingerprint density at radius 3 is 2.32 bits per heavy atom. The van der Waals surface area contributed by atoms with Crippen molar-refractivity contribution in [2.45, 2.75) is 25.2 Å². The van der Waals surface area contributed by atoms with Gasteiger partial charge in [-0.25, -0.2) is 13.6 Å². The van der Waals surface area contributed by atoms with E-state index in [1.54, 1.807) is 6.92 Å². The van der Waals surface area contributed by atoms with Crippen LogP contribution in [0.2, 0.25) is 0 Å². The van der Waals surface area contributed by atoms with Crippen LogP contribution < -0.4 is 14.6 Å². The molecule has 1 aromatic carbocycles. The van der Waals surface area contributed by atoms with Crippen LogP contribution in [0.3, 0.4) is 0 Å². The third-order valence-corrected chi connectivity index (χ3v) is 4.30. The molecule has 0 spiro atoms. The Balaban J connectivity index is 2.99. The smallest absolute Gasteiger partial charge is 0.271 e. The lowest BCUT2D eigenvalue weighted by Gasteiger charge is -2.11. The van der Waals surface area contributed by atoms with Gasteiger partial charge in [0.1, 0.15) is 0 Å². The fourth-order valence-electron chi connectivity index (χ4n) is 1.34.